The lowest BCUT2D eigenvalue weighted by atomic mass is 10.1. The van der Waals surface area contributed by atoms with E-state index in [1.807, 2.05) is 12.1 Å². The number of aromatic nitrogens is 2. The Balaban J connectivity index is 1.77. The standard InChI is InChI=1S/C24H19N3/c1-26(22-17-9-11-18-10-5-6-14-20(18)22)24-25-21-15-7-8-16-23(21)27(24)19-12-3-2-4-13-19/h2-17H,1H3. The molecule has 4 aromatic carbocycles. The fraction of sp³-hybridized carbons (Fsp3) is 0.0417. The number of para-hydroxylation sites is 3. The molecule has 0 aliphatic rings. The topological polar surface area (TPSA) is 21.1 Å². The smallest absolute Gasteiger partial charge is 0.215 e. The third-order valence-corrected chi connectivity index (χ3v) is 4.99. The Morgan fingerprint density at radius 2 is 1.41 bits per heavy atom. The zero-order valence-electron chi connectivity index (χ0n) is 15.1. The molecule has 0 aliphatic heterocycles. The number of hydrogen-bond donors (Lipinski definition) is 0. The number of nitrogens with zero attached hydrogens (tertiary/aromatic N) is 3. The third-order valence-electron chi connectivity index (χ3n) is 4.99. The quantitative estimate of drug-likeness (QED) is 0.401. The van der Waals surface area contributed by atoms with Gasteiger partial charge >= 0.3 is 0 Å². The molecule has 0 amide bonds. The summed E-state index contributed by atoms with van der Waals surface area (Å²) in [5.41, 5.74) is 4.34. The van der Waals surface area contributed by atoms with Crippen LogP contribution in [-0.4, -0.2) is 16.6 Å². The molecule has 3 heteroatoms. The first-order valence-electron chi connectivity index (χ1n) is 9.07. The van der Waals surface area contributed by atoms with E-state index in [4.69, 9.17) is 4.98 Å². The molecule has 1 heterocycles. The fourth-order valence-electron chi connectivity index (χ4n) is 3.68. The van der Waals surface area contributed by atoms with E-state index in [0.717, 1.165) is 28.4 Å². The predicted octanol–water partition coefficient (Wildman–Crippen LogP) is 5.95. The SMILES string of the molecule is CN(c1cccc2ccccc12)c1nc2ccccc2n1-c1ccccc1. The maximum Gasteiger partial charge on any atom is 0.215 e. The zero-order chi connectivity index (χ0) is 18.2. The maximum atomic E-state index is 4.96. The van der Waals surface area contributed by atoms with Gasteiger partial charge in [-0.3, -0.25) is 4.57 Å². The molecule has 0 bridgehead atoms. The largest absolute Gasteiger partial charge is 0.314 e. The van der Waals surface area contributed by atoms with Crippen molar-refractivity contribution in [1.82, 2.24) is 9.55 Å². The summed E-state index contributed by atoms with van der Waals surface area (Å²) in [6.07, 6.45) is 0. The van der Waals surface area contributed by atoms with E-state index >= 15 is 0 Å². The van der Waals surface area contributed by atoms with Crippen molar-refractivity contribution in [2.45, 2.75) is 0 Å². The van der Waals surface area contributed by atoms with Crippen LogP contribution in [0.3, 0.4) is 0 Å². The van der Waals surface area contributed by atoms with Crippen molar-refractivity contribution in [3.05, 3.63) is 97.1 Å². The van der Waals surface area contributed by atoms with E-state index in [-0.39, 0.29) is 0 Å². The van der Waals surface area contributed by atoms with Crippen molar-refractivity contribution in [3.63, 3.8) is 0 Å². The highest BCUT2D eigenvalue weighted by Gasteiger charge is 2.18. The van der Waals surface area contributed by atoms with Crippen molar-refractivity contribution < 1.29 is 0 Å². The van der Waals surface area contributed by atoms with Gasteiger partial charge in [0.1, 0.15) is 0 Å². The summed E-state index contributed by atoms with van der Waals surface area (Å²) in [5.74, 6) is 0.902. The van der Waals surface area contributed by atoms with Crippen molar-refractivity contribution in [3.8, 4) is 5.69 Å². The molecule has 0 radical (unpaired) electrons. The Morgan fingerprint density at radius 3 is 2.30 bits per heavy atom. The Bertz CT molecular complexity index is 1230. The molecule has 0 fully saturated rings. The summed E-state index contributed by atoms with van der Waals surface area (Å²) in [4.78, 5) is 7.14. The molecule has 0 N–H and O–H groups in total. The molecule has 0 aliphatic carbocycles. The van der Waals surface area contributed by atoms with Gasteiger partial charge in [0, 0.05) is 18.1 Å². The summed E-state index contributed by atoms with van der Waals surface area (Å²) in [7, 11) is 2.09. The van der Waals surface area contributed by atoms with Crippen LogP contribution in [-0.2, 0) is 0 Å². The first-order valence-corrected chi connectivity index (χ1v) is 9.07. The number of imidazole rings is 1. The van der Waals surface area contributed by atoms with Crippen LogP contribution in [0, 0.1) is 0 Å². The first kappa shape index (κ1) is 15.6. The second-order valence-corrected chi connectivity index (χ2v) is 6.63. The van der Waals surface area contributed by atoms with E-state index in [2.05, 4.69) is 101 Å². The molecule has 130 valence electrons. The van der Waals surface area contributed by atoms with Crippen LogP contribution in [0.25, 0.3) is 27.5 Å². The van der Waals surface area contributed by atoms with Crippen molar-refractivity contribution in [1.29, 1.82) is 0 Å². The van der Waals surface area contributed by atoms with Gasteiger partial charge < -0.3 is 4.90 Å². The lowest BCUT2D eigenvalue weighted by Crippen LogP contribution is -2.15. The van der Waals surface area contributed by atoms with E-state index in [9.17, 15) is 0 Å². The molecular formula is C24H19N3. The highest BCUT2D eigenvalue weighted by Crippen LogP contribution is 2.34. The number of benzene rings is 4. The lowest BCUT2D eigenvalue weighted by Gasteiger charge is -2.22. The highest BCUT2D eigenvalue weighted by molar-refractivity contribution is 5.96. The Hall–Kier alpha value is -3.59. The number of fused-ring (bicyclic) bond motifs is 2. The van der Waals surface area contributed by atoms with E-state index in [0.29, 0.717) is 0 Å². The van der Waals surface area contributed by atoms with Crippen LogP contribution >= 0.6 is 0 Å². The van der Waals surface area contributed by atoms with E-state index < -0.39 is 0 Å². The van der Waals surface area contributed by atoms with Crippen LogP contribution in [0.1, 0.15) is 0 Å². The van der Waals surface area contributed by atoms with Crippen LogP contribution in [0.4, 0.5) is 11.6 Å². The molecule has 0 spiro atoms. The van der Waals surface area contributed by atoms with Gasteiger partial charge in [0.2, 0.25) is 5.95 Å². The molecule has 1 aromatic heterocycles. The minimum Gasteiger partial charge on any atom is -0.314 e. The first-order chi connectivity index (χ1) is 13.3. The number of rotatable bonds is 3. The molecule has 3 nitrogen and oxygen atoms in total. The lowest BCUT2D eigenvalue weighted by molar-refractivity contribution is 1.01. The third kappa shape index (κ3) is 2.56. The average molecular weight is 349 g/mol. The summed E-state index contributed by atoms with van der Waals surface area (Å²) in [6, 6.07) is 33.5. The van der Waals surface area contributed by atoms with Gasteiger partial charge in [-0.2, -0.15) is 0 Å². The van der Waals surface area contributed by atoms with Gasteiger partial charge in [-0.05, 0) is 35.7 Å². The highest BCUT2D eigenvalue weighted by atomic mass is 15.3. The second kappa shape index (κ2) is 6.29. The summed E-state index contributed by atoms with van der Waals surface area (Å²) < 4.78 is 2.22. The normalized spacial score (nSPS) is 11.1. The van der Waals surface area contributed by atoms with Crippen molar-refractivity contribution in [2.75, 3.05) is 11.9 Å². The summed E-state index contributed by atoms with van der Waals surface area (Å²) >= 11 is 0. The molecule has 0 saturated heterocycles. The Kier molecular flexibility index (Phi) is 3.65. The van der Waals surface area contributed by atoms with Gasteiger partial charge in [-0.1, -0.05) is 66.7 Å². The van der Waals surface area contributed by atoms with Crippen molar-refractivity contribution >= 4 is 33.4 Å². The molecule has 5 aromatic rings. The molecule has 0 unspecified atom stereocenters. The van der Waals surface area contributed by atoms with Gasteiger partial charge in [0.05, 0.1) is 16.7 Å². The predicted molar refractivity (Wildman–Crippen MR) is 113 cm³/mol. The van der Waals surface area contributed by atoms with Gasteiger partial charge in [-0.25, -0.2) is 4.98 Å². The minimum atomic E-state index is 0.902. The maximum absolute atomic E-state index is 4.96. The molecule has 27 heavy (non-hydrogen) atoms. The number of hydrogen-bond acceptors (Lipinski definition) is 2. The van der Waals surface area contributed by atoms with Crippen LogP contribution in [0.15, 0.2) is 97.1 Å². The molecule has 5 rings (SSSR count). The summed E-state index contributed by atoms with van der Waals surface area (Å²) in [6.45, 7) is 0. The van der Waals surface area contributed by atoms with Gasteiger partial charge in [0.15, 0.2) is 0 Å². The monoisotopic (exact) mass is 349 g/mol. The minimum absolute atomic E-state index is 0.902. The Labute approximate surface area is 158 Å². The van der Waals surface area contributed by atoms with Gasteiger partial charge in [-0.15, -0.1) is 0 Å². The van der Waals surface area contributed by atoms with Gasteiger partial charge in [0.25, 0.3) is 0 Å². The zero-order valence-corrected chi connectivity index (χ0v) is 15.1. The number of anilines is 2. The van der Waals surface area contributed by atoms with Crippen LogP contribution < -0.4 is 4.90 Å². The summed E-state index contributed by atoms with van der Waals surface area (Å²) in [5, 5.41) is 2.44. The molecule has 0 atom stereocenters. The fourth-order valence-corrected chi connectivity index (χ4v) is 3.68. The molecular weight excluding hydrogens is 330 g/mol. The van der Waals surface area contributed by atoms with Crippen LogP contribution in [0.5, 0.6) is 0 Å². The molecule has 0 saturated carbocycles. The van der Waals surface area contributed by atoms with Crippen molar-refractivity contribution in [2.24, 2.45) is 0 Å². The average Bonchev–Trinajstić information content (AvgIpc) is 3.13. The van der Waals surface area contributed by atoms with E-state index in [1.54, 1.807) is 0 Å². The Morgan fingerprint density at radius 1 is 0.704 bits per heavy atom. The second-order valence-electron chi connectivity index (χ2n) is 6.63. The van der Waals surface area contributed by atoms with Crippen LogP contribution in [0.2, 0.25) is 0 Å². The van der Waals surface area contributed by atoms with E-state index in [1.165, 1.54) is 10.8 Å².